The van der Waals surface area contributed by atoms with Gasteiger partial charge in [-0.3, -0.25) is 9.59 Å². The molecule has 0 bridgehead atoms. The minimum absolute atomic E-state index is 0.156. The van der Waals surface area contributed by atoms with Crippen molar-refractivity contribution in [2.75, 3.05) is 0 Å². The zero-order valence-electron chi connectivity index (χ0n) is 10.4. The van der Waals surface area contributed by atoms with Crippen LogP contribution >= 0.6 is 0 Å². The maximum atomic E-state index is 11.7. The van der Waals surface area contributed by atoms with E-state index in [0.717, 1.165) is 36.1 Å². The van der Waals surface area contributed by atoms with E-state index in [1.54, 1.807) is 0 Å². The van der Waals surface area contributed by atoms with Crippen LogP contribution in [0.1, 0.15) is 53.9 Å². The standard InChI is InChI=1S/C13H19NO2/c1-5-6-7-11-8(2)12(10(4)15)13(16)14-9(11)3/h5-7H2,1-4H3,(H,14,16). The Bertz CT molecular complexity index is 458. The first kappa shape index (κ1) is 12.7. The van der Waals surface area contributed by atoms with E-state index in [1.807, 2.05) is 13.8 Å². The van der Waals surface area contributed by atoms with Gasteiger partial charge in [-0.1, -0.05) is 13.3 Å². The second-order valence-corrected chi connectivity index (χ2v) is 4.22. The Labute approximate surface area is 95.9 Å². The maximum Gasteiger partial charge on any atom is 0.259 e. The number of aryl methyl sites for hydroxylation is 1. The van der Waals surface area contributed by atoms with Crippen molar-refractivity contribution < 1.29 is 4.79 Å². The summed E-state index contributed by atoms with van der Waals surface area (Å²) < 4.78 is 0. The Kier molecular flexibility index (Phi) is 4.05. The zero-order valence-corrected chi connectivity index (χ0v) is 10.4. The number of ketones is 1. The lowest BCUT2D eigenvalue weighted by Crippen LogP contribution is -2.21. The van der Waals surface area contributed by atoms with Crippen LogP contribution in [0.5, 0.6) is 0 Å². The second-order valence-electron chi connectivity index (χ2n) is 4.22. The van der Waals surface area contributed by atoms with Crippen LogP contribution in [0.2, 0.25) is 0 Å². The van der Waals surface area contributed by atoms with E-state index in [2.05, 4.69) is 11.9 Å². The highest BCUT2D eigenvalue weighted by Gasteiger charge is 2.14. The lowest BCUT2D eigenvalue weighted by atomic mass is 9.96. The number of unbranched alkanes of at least 4 members (excludes halogenated alkanes) is 1. The van der Waals surface area contributed by atoms with Gasteiger partial charge in [-0.05, 0) is 44.7 Å². The average Bonchev–Trinajstić information content (AvgIpc) is 2.16. The predicted molar refractivity (Wildman–Crippen MR) is 65.2 cm³/mol. The minimum atomic E-state index is -0.261. The van der Waals surface area contributed by atoms with Gasteiger partial charge in [0.1, 0.15) is 0 Å². The van der Waals surface area contributed by atoms with Crippen LogP contribution in [-0.4, -0.2) is 10.8 Å². The number of hydrogen-bond donors (Lipinski definition) is 1. The fraction of sp³-hybridized carbons (Fsp3) is 0.538. The van der Waals surface area contributed by atoms with E-state index in [1.165, 1.54) is 6.92 Å². The van der Waals surface area contributed by atoms with Crippen LogP contribution < -0.4 is 5.56 Å². The highest BCUT2D eigenvalue weighted by molar-refractivity contribution is 5.95. The molecular weight excluding hydrogens is 202 g/mol. The first-order valence-corrected chi connectivity index (χ1v) is 5.72. The fourth-order valence-electron chi connectivity index (χ4n) is 2.06. The lowest BCUT2D eigenvalue weighted by Gasteiger charge is -2.11. The first-order chi connectivity index (χ1) is 7.49. The van der Waals surface area contributed by atoms with Crippen LogP contribution in [0.3, 0.4) is 0 Å². The molecule has 1 N–H and O–H groups in total. The summed E-state index contributed by atoms with van der Waals surface area (Å²) in [7, 11) is 0. The molecule has 3 nitrogen and oxygen atoms in total. The van der Waals surface area contributed by atoms with Gasteiger partial charge in [0.15, 0.2) is 5.78 Å². The van der Waals surface area contributed by atoms with Gasteiger partial charge in [-0.2, -0.15) is 0 Å². The van der Waals surface area contributed by atoms with Crippen LogP contribution in [0.4, 0.5) is 0 Å². The molecule has 3 heteroatoms. The van der Waals surface area contributed by atoms with Gasteiger partial charge in [0, 0.05) is 5.69 Å². The first-order valence-electron chi connectivity index (χ1n) is 5.72. The molecule has 0 aromatic carbocycles. The van der Waals surface area contributed by atoms with Crippen molar-refractivity contribution >= 4 is 5.78 Å². The van der Waals surface area contributed by atoms with Crippen molar-refractivity contribution in [3.8, 4) is 0 Å². The summed E-state index contributed by atoms with van der Waals surface area (Å²) in [6.07, 6.45) is 3.10. The Morgan fingerprint density at radius 1 is 1.31 bits per heavy atom. The highest BCUT2D eigenvalue weighted by atomic mass is 16.1. The quantitative estimate of drug-likeness (QED) is 0.794. The van der Waals surface area contributed by atoms with Crippen LogP contribution in [-0.2, 0) is 6.42 Å². The van der Waals surface area contributed by atoms with Crippen LogP contribution in [0.25, 0.3) is 0 Å². The molecule has 0 aliphatic rings. The molecule has 1 aromatic rings. The number of carbonyl (C=O) groups excluding carboxylic acids is 1. The van der Waals surface area contributed by atoms with Crippen molar-refractivity contribution in [1.82, 2.24) is 4.98 Å². The van der Waals surface area contributed by atoms with Crippen molar-refractivity contribution in [2.45, 2.75) is 47.0 Å². The topological polar surface area (TPSA) is 49.9 Å². The van der Waals surface area contributed by atoms with Crippen LogP contribution in [0, 0.1) is 13.8 Å². The molecule has 1 aromatic heterocycles. The molecule has 16 heavy (non-hydrogen) atoms. The Morgan fingerprint density at radius 3 is 2.44 bits per heavy atom. The molecular formula is C13H19NO2. The molecule has 0 aliphatic carbocycles. The van der Waals surface area contributed by atoms with E-state index in [9.17, 15) is 9.59 Å². The number of aromatic amines is 1. The number of aromatic nitrogens is 1. The van der Waals surface area contributed by atoms with Crippen molar-refractivity contribution in [3.05, 3.63) is 32.7 Å². The smallest absolute Gasteiger partial charge is 0.259 e. The summed E-state index contributed by atoms with van der Waals surface area (Å²) >= 11 is 0. The molecule has 0 aliphatic heterocycles. The third-order valence-electron chi connectivity index (χ3n) is 2.94. The number of rotatable bonds is 4. The van der Waals surface area contributed by atoms with Gasteiger partial charge >= 0.3 is 0 Å². The van der Waals surface area contributed by atoms with Gasteiger partial charge in [-0.15, -0.1) is 0 Å². The zero-order chi connectivity index (χ0) is 12.3. The molecule has 1 rings (SSSR count). The monoisotopic (exact) mass is 221 g/mol. The van der Waals surface area contributed by atoms with E-state index in [0.29, 0.717) is 5.56 Å². The molecule has 88 valence electrons. The fourth-order valence-corrected chi connectivity index (χ4v) is 2.06. The molecule has 0 saturated heterocycles. The van der Waals surface area contributed by atoms with Gasteiger partial charge in [-0.25, -0.2) is 0 Å². The SMILES string of the molecule is CCCCc1c(C)[nH]c(=O)c(C(C)=O)c1C. The Hall–Kier alpha value is -1.38. The van der Waals surface area contributed by atoms with E-state index in [4.69, 9.17) is 0 Å². The summed E-state index contributed by atoms with van der Waals surface area (Å²) in [5.41, 5.74) is 2.91. The average molecular weight is 221 g/mol. The summed E-state index contributed by atoms with van der Waals surface area (Å²) in [5, 5.41) is 0. The number of hydrogen-bond acceptors (Lipinski definition) is 2. The predicted octanol–water partition coefficient (Wildman–Crippen LogP) is 2.54. The summed E-state index contributed by atoms with van der Waals surface area (Å²) in [6.45, 7) is 7.33. The van der Waals surface area contributed by atoms with E-state index in [-0.39, 0.29) is 11.3 Å². The Morgan fingerprint density at radius 2 is 1.94 bits per heavy atom. The van der Waals surface area contributed by atoms with Crippen LogP contribution in [0.15, 0.2) is 4.79 Å². The van der Waals surface area contributed by atoms with Gasteiger partial charge in [0.2, 0.25) is 0 Å². The number of carbonyl (C=O) groups is 1. The number of nitrogens with one attached hydrogen (secondary N) is 1. The molecule has 0 unspecified atom stereocenters. The normalized spacial score (nSPS) is 10.5. The summed E-state index contributed by atoms with van der Waals surface area (Å²) in [4.78, 5) is 25.8. The van der Waals surface area contributed by atoms with Crippen molar-refractivity contribution in [2.24, 2.45) is 0 Å². The molecule has 1 heterocycles. The second kappa shape index (κ2) is 5.10. The molecule has 0 fully saturated rings. The summed E-state index contributed by atoms with van der Waals surface area (Å²) in [5.74, 6) is -0.156. The molecule has 0 radical (unpaired) electrons. The largest absolute Gasteiger partial charge is 0.326 e. The lowest BCUT2D eigenvalue weighted by molar-refractivity contribution is 0.101. The van der Waals surface area contributed by atoms with Gasteiger partial charge < -0.3 is 4.98 Å². The number of Topliss-reactive ketones (excluding diaryl/α,β-unsaturated/α-hetero) is 1. The maximum absolute atomic E-state index is 11.7. The Balaban J connectivity index is 3.33. The van der Waals surface area contributed by atoms with E-state index >= 15 is 0 Å². The van der Waals surface area contributed by atoms with Crippen molar-refractivity contribution in [3.63, 3.8) is 0 Å². The number of pyridine rings is 1. The minimum Gasteiger partial charge on any atom is -0.326 e. The molecule has 0 amide bonds. The highest BCUT2D eigenvalue weighted by Crippen LogP contribution is 2.16. The molecule has 0 saturated carbocycles. The third kappa shape index (κ3) is 2.40. The summed E-state index contributed by atoms with van der Waals surface area (Å²) in [6, 6.07) is 0. The van der Waals surface area contributed by atoms with Crippen molar-refractivity contribution in [1.29, 1.82) is 0 Å². The van der Waals surface area contributed by atoms with E-state index < -0.39 is 0 Å². The van der Waals surface area contributed by atoms with Gasteiger partial charge in [0.25, 0.3) is 5.56 Å². The third-order valence-corrected chi connectivity index (χ3v) is 2.94. The molecule has 0 atom stereocenters. The van der Waals surface area contributed by atoms with Gasteiger partial charge in [0.05, 0.1) is 5.56 Å². The number of H-pyrrole nitrogens is 1. The molecule has 0 spiro atoms.